The first kappa shape index (κ1) is 24.5. The zero-order valence-corrected chi connectivity index (χ0v) is 21.4. The molecule has 0 N–H and O–H groups in total. The topological polar surface area (TPSA) is 17.1 Å². The van der Waals surface area contributed by atoms with Gasteiger partial charge < -0.3 is 0 Å². The maximum Gasteiger partial charge on any atom is 0.133 e. The van der Waals surface area contributed by atoms with Crippen molar-refractivity contribution in [2.24, 2.45) is 46.8 Å². The standard InChI is InChI=1S/C30H48O/c1-20(2)21(3)10-11-23(5)28-16-17-29-25(9-8-18-30(28,29)7)14-15-26-19-27(24(6)31)13-12-22(26)4/h10-11,14-15,20-23,27-29H,8-9,12-13,16-19H2,1-7H3/b11-10+,25-14+,26-15+/t21-,22?,23+,27-,28+,29?,30+/m0/s1. The molecule has 3 fully saturated rings. The Kier molecular flexibility index (Phi) is 8.09. The van der Waals surface area contributed by atoms with Crippen molar-refractivity contribution in [1.29, 1.82) is 0 Å². The van der Waals surface area contributed by atoms with E-state index >= 15 is 0 Å². The molecule has 0 bridgehead atoms. The van der Waals surface area contributed by atoms with E-state index in [1.807, 2.05) is 0 Å². The van der Waals surface area contributed by atoms with Crippen molar-refractivity contribution in [3.8, 4) is 0 Å². The number of hydrogen-bond donors (Lipinski definition) is 0. The minimum Gasteiger partial charge on any atom is -0.300 e. The lowest BCUT2D eigenvalue weighted by atomic mass is 9.61. The van der Waals surface area contributed by atoms with E-state index in [4.69, 9.17) is 0 Å². The fraction of sp³-hybridized carbons (Fsp3) is 0.767. The average molecular weight is 425 g/mol. The minimum atomic E-state index is 0.259. The van der Waals surface area contributed by atoms with Gasteiger partial charge in [0.2, 0.25) is 0 Å². The van der Waals surface area contributed by atoms with Gasteiger partial charge in [-0.05, 0) is 99.2 Å². The summed E-state index contributed by atoms with van der Waals surface area (Å²) in [6, 6.07) is 0. The molecule has 0 saturated heterocycles. The van der Waals surface area contributed by atoms with Gasteiger partial charge >= 0.3 is 0 Å². The fourth-order valence-electron chi connectivity index (χ4n) is 6.87. The number of rotatable bonds is 6. The lowest BCUT2D eigenvalue weighted by molar-refractivity contribution is -0.121. The maximum atomic E-state index is 11.9. The quantitative estimate of drug-likeness (QED) is 0.390. The number of carbonyl (C=O) groups is 1. The van der Waals surface area contributed by atoms with Crippen molar-refractivity contribution in [3.63, 3.8) is 0 Å². The van der Waals surface area contributed by atoms with Crippen LogP contribution in [0.2, 0.25) is 0 Å². The van der Waals surface area contributed by atoms with Crippen LogP contribution in [0.5, 0.6) is 0 Å². The van der Waals surface area contributed by atoms with Gasteiger partial charge in [0.25, 0.3) is 0 Å². The molecule has 3 saturated carbocycles. The van der Waals surface area contributed by atoms with Crippen LogP contribution in [0.3, 0.4) is 0 Å². The van der Waals surface area contributed by atoms with Crippen LogP contribution in [-0.2, 0) is 4.79 Å². The number of Topliss-reactive ketones (excluding diaryl/α,β-unsaturated/α-hetero) is 1. The predicted molar refractivity (Wildman–Crippen MR) is 134 cm³/mol. The van der Waals surface area contributed by atoms with Crippen molar-refractivity contribution in [1.82, 2.24) is 0 Å². The number of fused-ring (bicyclic) bond motifs is 1. The Morgan fingerprint density at radius 3 is 2.39 bits per heavy atom. The van der Waals surface area contributed by atoms with E-state index in [0.29, 0.717) is 29.0 Å². The first-order valence-electron chi connectivity index (χ1n) is 13.2. The van der Waals surface area contributed by atoms with Crippen LogP contribution in [0.4, 0.5) is 0 Å². The molecule has 3 aliphatic carbocycles. The Balaban J connectivity index is 1.75. The van der Waals surface area contributed by atoms with Crippen molar-refractivity contribution >= 4 is 5.78 Å². The first-order chi connectivity index (χ1) is 14.6. The molecule has 0 amide bonds. The second-order valence-electron chi connectivity index (χ2n) is 11.9. The van der Waals surface area contributed by atoms with Gasteiger partial charge in [-0.3, -0.25) is 4.79 Å². The smallest absolute Gasteiger partial charge is 0.133 e. The summed E-state index contributed by atoms with van der Waals surface area (Å²) < 4.78 is 0. The van der Waals surface area contributed by atoms with Crippen LogP contribution in [0.1, 0.15) is 99.8 Å². The van der Waals surface area contributed by atoms with Crippen LogP contribution in [0, 0.1) is 46.8 Å². The molecule has 2 unspecified atom stereocenters. The SMILES string of the molecule is CC(=O)[C@H]1CCC(C)/C(=C/C=C2\CCC[C@@]3(C)C2CC[C@@H]3[C@H](C)/C=C/[C@H](C)C(C)C)C1. The summed E-state index contributed by atoms with van der Waals surface area (Å²) in [5, 5.41) is 0. The lowest BCUT2D eigenvalue weighted by Crippen LogP contribution is -2.35. The summed E-state index contributed by atoms with van der Waals surface area (Å²) in [4.78, 5) is 11.9. The summed E-state index contributed by atoms with van der Waals surface area (Å²) in [5.41, 5.74) is 3.67. The van der Waals surface area contributed by atoms with Gasteiger partial charge in [0.05, 0.1) is 0 Å². The maximum absolute atomic E-state index is 11.9. The van der Waals surface area contributed by atoms with Crippen molar-refractivity contribution < 1.29 is 4.79 Å². The van der Waals surface area contributed by atoms with Crippen LogP contribution in [0.15, 0.2) is 35.5 Å². The summed E-state index contributed by atoms with van der Waals surface area (Å²) >= 11 is 0. The Hall–Kier alpha value is -1.11. The molecular formula is C30H48O. The third kappa shape index (κ3) is 5.45. The van der Waals surface area contributed by atoms with Crippen LogP contribution >= 0.6 is 0 Å². The van der Waals surface area contributed by atoms with E-state index in [1.165, 1.54) is 44.1 Å². The van der Waals surface area contributed by atoms with E-state index in [9.17, 15) is 4.79 Å². The van der Waals surface area contributed by atoms with Crippen LogP contribution in [0.25, 0.3) is 0 Å². The summed E-state index contributed by atoms with van der Waals surface area (Å²) in [6.45, 7) is 16.2. The zero-order chi connectivity index (χ0) is 22.8. The summed E-state index contributed by atoms with van der Waals surface area (Å²) in [5.74, 6) is 4.88. The molecule has 0 aliphatic heterocycles. The van der Waals surface area contributed by atoms with Gasteiger partial charge in [0.15, 0.2) is 0 Å². The highest BCUT2D eigenvalue weighted by Gasteiger charge is 2.50. The summed E-state index contributed by atoms with van der Waals surface area (Å²) in [7, 11) is 0. The molecule has 1 heteroatoms. The van der Waals surface area contributed by atoms with Crippen LogP contribution in [-0.4, -0.2) is 5.78 Å². The van der Waals surface area contributed by atoms with Gasteiger partial charge in [0.1, 0.15) is 5.78 Å². The van der Waals surface area contributed by atoms with E-state index in [2.05, 4.69) is 65.8 Å². The molecule has 174 valence electrons. The number of hydrogen-bond acceptors (Lipinski definition) is 1. The normalized spacial score (nSPS) is 38.7. The zero-order valence-electron chi connectivity index (χ0n) is 21.4. The van der Waals surface area contributed by atoms with E-state index < -0.39 is 0 Å². The molecule has 0 aromatic heterocycles. The molecule has 0 radical (unpaired) electrons. The molecule has 7 atom stereocenters. The second kappa shape index (κ2) is 10.2. The average Bonchev–Trinajstić information content (AvgIpc) is 3.08. The fourth-order valence-corrected chi connectivity index (χ4v) is 6.87. The van der Waals surface area contributed by atoms with E-state index in [0.717, 1.165) is 30.6 Å². The number of allylic oxidation sites excluding steroid dienone is 6. The molecule has 0 aromatic carbocycles. The first-order valence-corrected chi connectivity index (χ1v) is 13.2. The lowest BCUT2D eigenvalue weighted by Gasteiger charge is -2.44. The highest BCUT2D eigenvalue weighted by molar-refractivity contribution is 5.78. The highest BCUT2D eigenvalue weighted by Crippen LogP contribution is 2.59. The van der Waals surface area contributed by atoms with Crippen molar-refractivity contribution in [2.45, 2.75) is 99.8 Å². The molecule has 1 nitrogen and oxygen atoms in total. The summed E-state index contributed by atoms with van der Waals surface area (Å²) in [6.07, 6.45) is 19.9. The van der Waals surface area contributed by atoms with E-state index in [-0.39, 0.29) is 5.92 Å². The number of carbonyl (C=O) groups excluding carboxylic acids is 1. The van der Waals surface area contributed by atoms with Crippen molar-refractivity contribution in [2.75, 3.05) is 0 Å². The van der Waals surface area contributed by atoms with E-state index in [1.54, 1.807) is 12.5 Å². The molecule has 0 spiro atoms. The highest BCUT2D eigenvalue weighted by atomic mass is 16.1. The third-order valence-electron chi connectivity index (χ3n) is 9.59. The van der Waals surface area contributed by atoms with Gasteiger partial charge in [-0.25, -0.2) is 0 Å². The Morgan fingerprint density at radius 2 is 1.71 bits per heavy atom. The Labute approximate surface area is 192 Å². The van der Waals surface area contributed by atoms with Crippen LogP contribution < -0.4 is 0 Å². The predicted octanol–water partition coefficient (Wildman–Crippen LogP) is 8.57. The third-order valence-corrected chi connectivity index (χ3v) is 9.59. The molecule has 31 heavy (non-hydrogen) atoms. The van der Waals surface area contributed by atoms with Gasteiger partial charge in [-0.2, -0.15) is 0 Å². The number of ketones is 1. The van der Waals surface area contributed by atoms with Crippen molar-refractivity contribution in [3.05, 3.63) is 35.5 Å². The monoisotopic (exact) mass is 424 g/mol. The molecule has 3 aliphatic rings. The van der Waals surface area contributed by atoms with Gasteiger partial charge in [-0.1, -0.05) is 77.0 Å². The van der Waals surface area contributed by atoms with Gasteiger partial charge in [0, 0.05) is 5.92 Å². The largest absolute Gasteiger partial charge is 0.300 e. The Morgan fingerprint density at radius 1 is 1.00 bits per heavy atom. The van der Waals surface area contributed by atoms with Gasteiger partial charge in [-0.15, -0.1) is 0 Å². The second-order valence-corrected chi connectivity index (χ2v) is 11.9. The molecular weight excluding hydrogens is 376 g/mol. The molecule has 0 heterocycles. The molecule has 3 rings (SSSR count). The minimum absolute atomic E-state index is 0.259. The Bertz CT molecular complexity index is 723. The molecule has 0 aromatic rings.